The van der Waals surface area contributed by atoms with Crippen molar-refractivity contribution in [2.45, 2.75) is 63.5 Å². The van der Waals surface area contributed by atoms with Crippen LogP contribution in [0, 0.1) is 0 Å². The first-order chi connectivity index (χ1) is 9.60. The molecule has 21 heavy (non-hydrogen) atoms. The molecule has 2 rings (SSSR count). The molecule has 1 unspecified atom stereocenters. The maximum absolute atomic E-state index is 11.1. The van der Waals surface area contributed by atoms with Crippen molar-refractivity contribution in [2.24, 2.45) is 0 Å². The number of rotatable bonds is 3. The van der Waals surface area contributed by atoms with Crippen LogP contribution < -0.4 is 0 Å². The lowest BCUT2D eigenvalue weighted by Crippen LogP contribution is -2.64. The van der Waals surface area contributed by atoms with Crippen LogP contribution in [0.1, 0.15) is 40.5 Å². The van der Waals surface area contributed by atoms with Crippen LogP contribution in [-0.4, -0.2) is 54.1 Å². The van der Waals surface area contributed by atoms with Gasteiger partial charge in [-0.2, -0.15) is 0 Å². The van der Waals surface area contributed by atoms with Crippen LogP contribution in [0.4, 0.5) is 0 Å². The summed E-state index contributed by atoms with van der Waals surface area (Å²) < 4.78 is 17.2. The van der Waals surface area contributed by atoms with Gasteiger partial charge in [0.05, 0.1) is 6.61 Å². The van der Waals surface area contributed by atoms with Crippen molar-refractivity contribution in [1.29, 1.82) is 0 Å². The molecule has 0 amide bonds. The van der Waals surface area contributed by atoms with Gasteiger partial charge in [-0.3, -0.25) is 4.90 Å². The molecular weight excluding hydrogens is 270 g/mol. The zero-order chi connectivity index (χ0) is 15.9. The quantitative estimate of drug-likeness (QED) is 0.590. The van der Waals surface area contributed by atoms with Crippen molar-refractivity contribution in [1.82, 2.24) is 4.90 Å². The lowest BCUT2D eigenvalue weighted by atomic mass is 9.76. The van der Waals surface area contributed by atoms with E-state index in [0.29, 0.717) is 6.61 Å². The maximum atomic E-state index is 11.1. The van der Waals surface area contributed by atoms with Crippen LogP contribution in [0.2, 0.25) is 0 Å². The number of piperidine rings is 1. The lowest BCUT2D eigenvalue weighted by Gasteiger charge is -2.56. The van der Waals surface area contributed by atoms with Crippen molar-refractivity contribution in [3.63, 3.8) is 0 Å². The number of hydrogen-bond donors (Lipinski definition) is 0. The molecule has 0 aromatic carbocycles. The first-order valence-corrected chi connectivity index (χ1v) is 7.45. The highest BCUT2D eigenvalue weighted by atomic mass is 16.8. The minimum atomic E-state index is -0.579. The summed E-state index contributed by atoms with van der Waals surface area (Å²) in [5.74, 6) is -1.01. The molecule has 0 bridgehead atoms. The van der Waals surface area contributed by atoms with Crippen LogP contribution in [0.25, 0.3) is 0 Å². The van der Waals surface area contributed by atoms with E-state index in [-0.39, 0.29) is 23.8 Å². The van der Waals surface area contributed by atoms with Gasteiger partial charge < -0.3 is 14.2 Å². The number of ether oxygens (including phenoxy) is 3. The second kappa shape index (κ2) is 5.38. The lowest BCUT2D eigenvalue weighted by molar-refractivity contribution is -0.243. The van der Waals surface area contributed by atoms with Gasteiger partial charge in [0, 0.05) is 30.0 Å². The summed E-state index contributed by atoms with van der Waals surface area (Å²) in [6, 6.07) is 0. The van der Waals surface area contributed by atoms with Gasteiger partial charge in [0.15, 0.2) is 5.79 Å². The van der Waals surface area contributed by atoms with E-state index < -0.39 is 11.8 Å². The monoisotopic (exact) mass is 297 g/mol. The number of hydrogen-bond acceptors (Lipinski definition) is 5. The van der Waals surface area contributed by atoms with Gasteiger partial charge in [0.25, 0.3) is 0 Å². The highest BCUT2D eigenvalue weighted by molar-refractivity contribution is 5.81. The van der Waals surface area contributed by atoms with Gasteiger partial charge in [-0.15, -0.1) is 0 Å². The Kier molecular flexibility index (Phi) is 4.21. The first kappa shape index (κ1) is 16.5. The van der Waals surface area contributed by atoms with Gasteiger partial charge in [-0.1, -0.05) is 6.58 Å². The van der Waals surface area contributed by atoms with E-state index in [4.69, 9.17) is 14.2 Å². The molecule has 2 aliphatic rings. The fourth-order valence-corrected chi connectivity index (χ4v) is 3.56. The minimum absolute atomic E-state index is 0.0194. The van der Waals surface area contributed by atoms with Crippen molar-refractivity contribution < 1.29 is 19.0 Å². The van der Waals surface area contributed by atoms with Crippen LogP contribution >= 0.6 is 0 Å². The molecule has 0 N–H and O–H groups in total. The molecule has 2 aliphatic heterocycles. The van der Waals surface area contributed by atoms with Gasteiger partial charge >= 0.3 is 5.97 Å². The molecule has 5 heteroatoms. The summed E-state index contributed by atoms with van der Waals surface area (Å²) in [7, 11) is 2.14. The van der Waals surface area contributed by atoms with Crippen LogP contribution in [0.3, 0.4) is 0 Å². The molecule has 0 aromatic heterocycles. The average molecular weight is 297 g/mol. The van der Waals surface area contributed by atoms with Crippen LogP contribution in [0.15, 0.2) is 12.7 Å². The summed E-state index contributed by atoms with van der Waals surface area (Å²) in [6.45, 7) is 12.9. The summed E-state index contributed by atoms with van der Waals surface area (Å²) in [5.41, 5.74) is -0.0388. The summed E-state index contributed by atoms with van der Waals surface area (Å²) in [5, 5.41) is 0. The normalized spacial score (nSPS) is 30.2. The van der Waals surface area contributed by atoms with Crippen LogP contribution in [0.5, 0.6) is 0 Å². The van der Waals surface area contributed by atoms with Crippen molar-refractivity contribution >= 4 is 5.97 Å². The van der Waals surface area contributed by atoms with Gasteiger partial charge in [0.1, 0.15) is 12.7 Å². The predicted molar refractivity (Wildman–Crippen MR) is 79.9 cm³/mol. The molecule has 2 fully saturated rings. The number of nitrogens with zero attached hydrogens (tertiary/aromatic N) is 1. The molecule has 2 heterocycles. The van der Waals surface area contributed by atoms with Gasteiger partial charge in [-0.25, -0.2) is 4.79 Å². The fraction of sp³-hybridized carbons (Fsp3) is 0.812. The van der Waals surface area contributed by atoms with Crippen LogP contribution in [-0.2, 0) is 19.0 Å². The standard InChI is InChI=1S/C16H27NO4/c1-7-13(18)19-8-12-9-20-16(21-12)10-14(2,3)17(6)15(4,5)11-16/h7,12H,1,8-11H2,2-6H3. The summed E-state index contributed by atoms with van der Waals surface area (Å²) >= 11 is 0. The molecule has 0 saturated carbocycles. The molecule has 0 radical (unpaired) electrons. The third-order valence-corrected chi connectivity index (χ3v) is 4.71. The second-order valence-electron chi connectivity index (χ2n) is 7.33. The Balaban J connectivity index is 2.04. The molecule has 120 valence electrons. The predicted octanol–water partition coefficient (Wildman–Crippen LogP) is 2.11. The Bertz CT molecular complexity index is 412. The molecule has 5 nitrogen and oxygen atoms in total. The molecule has 1 spiro atoms. The maximum Gasteiger partial charge on any atom is 0.330 e. The van der Waals surface area contributed by atoms with Gasteiger partial charge in [-0.05, 0) is 34.7 Å². The first-order valence-electron chi connectivity index (χ1n) is 7.45. The number of carbonyl (C=O) groups excluding carboxylic acids is 1. The number of carbonyl (C=O) groups is 1. The van der Waals surface area contributed by atoms with E-state index in [0.717, 1.165) is 18.9 Å². The third-order valence-electron chi connectivity index (χ3n) is 4.71. The van der Waals surface area contributed by atoms with Crippen molar-refractivity contribution in [3.05, 3.63) is 12.7 Å². The van der Waals surface area contributed by atoms with E-state index >= 15 is 0 Å². The summed E-state index contributed by atoms with van der Waals surface area (Å²) in [6.07, 6.45) is 2.55. The Labute approximate surface area is 127 Å². The topological polar surface area (TPSA) is 48.0 Å². The Morgan fingerprint density at radius 1 is 1.33 bits per heavy atom. The van der Waals surface area contributed by atoms with E-state index in [1.54, 1.807) is 0 Å². The third kappa shape index (κ3) is 3.30. The molecular formula is C16H27NO4. The van der Waals surface area contributed by atoms with Crippen molar-refractivity contribution in [2.75, 3.05) is 20.3 Å². The second-order valence-corrected chi connectivity index (χ2v) is 7.33. The zero-order valence-corrected chi connectivity index (χ0v) is 13.8. The van der Waals surface area contributed by atoms with E-state index in [1.165, 1.54) is 0 Å². The summed E-state index contributed by atoms with van der Waals surface area (Å²) in [4.78, 5) is 13.5. The number of esters is 1. The number of likely N-dealkylation sites (tertiary alicyclic amines) is 1. The fourth-order valence-electron chi connectivity index (χ4n) is 3.56. The van der Waals surface area contributed by atoms with E-state index in [9.17, 15) is 4.79 Å². The molecule has 0 aromatic rings. The molecule has 1 atom stereocenters. The van der Waals surface area contributed by atoms with Crippen molar-refractivity contribution in [3.8, 4) is 0 Å². The largest absolute Gasteiger partial charge is 0.460 e. The average Bonchev–Trinajstić information content (AvgIpc) is 2.74. The SMILES string of the molecule is C=CC(=O)OCC1COC2(CC(C)(C)N(C)C(C)(C)C2)O1. The highest BCUT2D eigenvalue weighted by Crippen LogP contribution is 2.47. The molecule has 0 aliphatic carbocycles. The van der Waals surface area contributed by atoms with E-state index in [2.05, 4.69) is 46.2 Å². The Morgan fingerprint density at radius 2 is 1.90 bits per heavy atom. The minimum Gasteiger partial charge on any atom is -0.460 e. The highest BCUT2D eigenvalue weighted by Gasteiger charge is 2.55. The Morgan fingerprint density at radius 3 is 2.43 bits per heavy atom. The van der Waals surface area contributed by atoms with E-state index in [1.807, 2.05) is 0 Å². The smallest absolute Gasteiger partial charge is 0.330 e. The zero-order valence-electron chi connectivity index (χ0n) is 13.8. The van der Waals surface area contributed by atoms with Gasteiger partial charge in [0.2, 0.25) is 0 Å². The molecule has 2 saturated heterocycles. The Hall–Kier alpha value is -0.910.